The number of carbonyl (C=O) groups excluding carboxylic acids is 2. The molecular formula is C18H20N2O4. The molecule has 3 rings (SSSR count). The summed E-state index contributed by atoms with van der Waals surface area (Å²) in [5.41, 5.74) is 2.32. The van der Waals surface area contributed by atoms with E-state index in [0.717, 1.165) is 11.1 Å². The maximum atomic E-state index is 12.5. The van der Waals surface area contributed by atoms with Crippen molar-refractivity contribution in [1.29, 1.82) is 0 Å². The predicted octanol–water partition coefficient (Wildman–Crippen LogP) is 2.07. The summed E-state index contributed by atoms with van der Waals surface area (Å²) in [5, 5.41) is 12.1. The Bertz CT molecular complexity index is 739. The van der Waals surface area contributed by atoms with Crippen molar-refractivity contribution in [3.63, 3.8) is 0 Å². The molecule has 1 aromatic heterocycles. The zero-order valence-electron chi connectivity index (χ0n) is 13.5. The largest absolute Gasteiger partial charge is 0.467 e. The molecule has 2 N–H and O–H groups in total. The molecule has 1 aromatic carbocycles. The molecule has 1 aliphatic heterocycles. The molecule has 6 heteroatoms. The maximum absolute atomic E-state index is 12.5. The molecule has 24 heavy (non-hydrogen) atoms. The second kappa shape index (κ2) is 6.88. The van der Waals surface area contributed by atoms with Gasteiger partial charge in [0.2, 0.25) is 11.8 Å². The number of hydrogen-bond acceptors (Lipinski definition) is 4. The number of nitrogens with zero attached hydrogens (tertiary/aromatic N) is 1. The van der Waals surface area contributed by atoms with E-state index in [-0.39, 0.29) is 30.8 Å². The highest BCUT2D eigenvalue weighted by atomic mass is 16.3. The van der Waals surface area contributed by atoms with Crippen molar-refractivity contribution in [2.24, 2.45) is 5.92 Å². The third-order valence-electron chi connectivity index (χ3n) is 4.25. The highest BCUT2D eigenvalue weighted by Crippen LogP contribution is 2.23. The first-order valence-corrected chi connectivity index (χ1v) is 7.88. The molecule has 6 nitrogen and oxygen atoms in total. The standard InChI is InChI=1S/C18H20N2O4/c1-12-4-5-13(11-21)7-16(12)19-18(23)14-8-17(22)20(9-14)10-15-3-2-6-24-15/h2-7,14,21H,8-11H2,1H3,(H,19,23). The molecule has 1 aliphatic rings. The maximum Gasteiger partial charge on any atom is 0.229 e. The van der Waals surface area contributed by atoms with E-state index in [1.165, 1.54) is 0 Å². The van der Waals surface area contributed by atoms with Gasteiger partial charge in [0.05, 0.1) is 25.3 Å². The number of benzene rings is 1. The molecule has 2 aromatic rings. The van der Waals surface area contributed by atoms with Gasteiger partial charge in [0.25, 0.3) is 0 Å². The lowest BCUT2D eigenvalue weighted by atomic mass is 10.1. The van der Waals surface area contributed by atoms with Gasteiger partial charge < -0.3 is 19.7 Å². The van der Waals surface area contributed by atoms with Crippen LogP contribution in [-0.2, 0) is 22.7 Å². The van der Waals surface area contributed by atoms with E-state index in [2.05, 4.69) is 5.32 Å². The number of anilines is 1. The molecule has 1 saturated heterocycles. The normalized spacial score (nSPS) is 17.3. The van der Waals surface area contributed by atoms with Gasteiger partial charge in [0.15, 0.2) is 0 Å². The lowest BCUT2D eigenvalue weighted by molar-refractivity contribution is -0.128. The third-order valence-corrected chi connectivity index (χ3v) is 4.25. The summed E-state index contributed by atoms with van der Waals surface area (Å²) in [5.74, 6) is 0.0939. The molecule has 2 heterocycles. The van der Waals surface area contributed by atoms with Crippen LogP contribution in [0.25, 0.3) is 0 Å². The number of amides is 2. The molecule has 0 radical (unpaired) electrons. The molecule has 1 unspecified atom stereocenters. The molecule has 126 valence electrons. The van der Waals surface area contributed by atoms with Crippen molar-refractivity contribution in [2.75, 3.05) is 11.9 Å². The second-order valence-electron chi connectivity index (χ2n) is 6.05. The van der Waals surface area contributed by atoms with Gasteiger partial charge in [-0.25, -0.2) is 0 Å². The van der Waals surface area contributed by atoms with Gasteiger partial charge in [-0.2, -0.15) is 0 Å². The minimum Gasteiger partial charge on any atom is -0.467 e. The highest BCUT2D eigenvalue weighted by molar-refractivity contribution is 5.97. The summed E-state index contributed by atoms with van der Waals surface area (Å²) < 4.78 is 5.26. The number of likely N-dealkylation sites (tertiary alicyclic amines) is 1. The van der Waals surface area contributed by atoms with Gasteiger partial charge in [-0.1, -0.05) is 12.1 Å². The molecule has 1 atom stereocenters. The van der Waals surface area contributed by atoms with Crippen molar-refractivity contribution < 1.29 is 19.1 Å². The summed E-state index contributed by atoms with van der Waals surface area (Å²) in [7, 11) is 0. The zero-order valence-corrected chi connectivity index (χ0v) is 13.5. The van der Waals surface area contributed by atoms with Crippen LogP contribution in [0.15, 0.2) is 41.0 Å². The van der Waals surface area contributed by atoms with Crippen molar-refractivity contribution in [2.45, 2.75) is 26.5 Å². The first-order valence-electron chi connectivity index (χ1n) is 7.88. The second-order valence-corrected chi connectivity index (χ2v) is 6.05. The first kappa shape index (κ1) is 16.3. The van der Waals surface area contributed by atoms with Crippen molar-refractivity contribution in [3.05, 3.63) is 53.5 Å². The fourth-order valence-electron chi connectivity index (χ4n) is 2.83. The van der Waals surface area contributed by atoms with Crippen molar-refractivity contribution in [3.8, 4) is 0 Å². The number of nitrogens with one attached hydrogen (secondary N) is 1. The van der Waals surface area contributed by atoms with E-state index in [4.69, 9.17) is 4.42 Å². The minimum absolute atomic E-state index is 0.0487. The van der Waals surface area contributed by atoms with Crippen LogP contribution in [0, 0.1) is 12.8 Å². The summed E-state index contributed by atoms with van der Waals surface area (Å²) >= 11 is 0. The molecule has 2 amide bonds. The summed E-state index contributed by atoms with van der Waals surface area (Å²) in [6.45, 7) is 2.57. The highest BCUT2D eigenvalue weighted by Gasteiger charge is 2.34. The average Bonchev–Trinajstić information content (AvgIpc) is 3.20. The molecule has 1 fully saturated rings. The number of hydrogen-bond donors (Lipinski definition) is 2. The quantitative estimate of drug-likeness (QED) is 0.880. The van der Waals surface area contributed by atoms with Gasteiger partial charge in [-0.05, 0) is 36.2 Å². The zero-order chi connectivity index (χ0) is 17.1. The van der Waals surface area contributed by atoms with Gasteiger partial charge in [-0.3, -0.25) is 9.59 Å². The van der Waals surface area contributed by atoms with Gasteiger partial charge in [-0.15, -0.1) is 0 Å². The summed E-state index contributed by atoms with van der Waals surface area (Å²) in [6.07, 6.45) is 1.77. The smallest absolute Gasteiger partial charge is 0.229 e. The molecule has 0 saturated carbocycles. The van der Waals surface area contributed by atoms with E-state index in [0.29, 0.717) is 24.5 Å². The monoisotopic (exact) mass is 328 g/mol. The minimum atomic E-state index is -0.385. The molecule has 0 spiro atoms. The average molecular weight is 328 g/mol. The van der Waals surface area contributed by atoms with Gasteiger partial charge in [0, 0.05) is 18.7 Å². The number of rotatable bonds is 5. The Balaban J connectivity index is 1.65. The Kier molecular flexibility index (Phi) is 4.66. The van der Waals surface area contributed by atoms with Crippen LogP contribution in [0.4, 0.5) is 5.69 Å². The van der Waals surface area contributed by atoms with Crippen molar-refractivity contribution in [1.82, 2.24) is 4.90 Å². The van der Waals surface area contributed by atoms with Crippen LogP contribution in [-0.4, -0.2) is 28.4 Å². The fraction of sp³-hybridized carbons (Fsp3) is 0.333. The van der Waals surface area contributed by atoms with Crippen LogP contribution < -0.4 is 5.32 Å². The number of aliphatic hydroxyl groups is 1. The van der Waals surface area contributed by atoms with E-state index >= 15 is 0 Å². The van der Waals surface area contributed by atoms with Crippen LogP contribution in [0.5, 0.6) is 0 Å². The summed E-state index contributed by atoms with van der Waals surface area (Å²) in [6, 6.07) is 9.01. The van der Waals surface area contributed by atoms with Gasteiger partial charge in [0.1, 0.15) is 5.76 Å². The van der Waals surface area contributed by atoms with E-state index in [1.54, 1.807) is 23.3 Å². The van der Waals surface area contributed by atoms with Crippen LogP contribution in [0.3, 0.4) is 0 Å². The lowest BCUT2D eigenvalue weighted by Gasteiger charge is -2.16. The van der Waals surface area contributed by atoms with E-state index in [9.17, 15) is 14.7 Å². The third kappa shape index (κ3) is 3.49. The van der Waals surface area contributed by atoms with E-state index < -0.39 is 0 Å². The number of aryl methyl sites for hydroxylation is 1. The van der Waals surface area contributed by atoms with Crippen LogP contribution >= 0.6 is 0 Å². The Morgan fingerprint density at radius 1 is 1.42 bits per heavy atom. The Morgan fingerprint density at radius 3 is 2.96 bits per heavy atom. The van der Waals surface area contributed by atoms with E-state index in [1.807, 2.05) is 25.1 Å². The number of furan rings is 1. The van der Waals surface area contributed by atoms with Gasteiger partial charge >= 0.3 is 0 Å². The topological polar surface area (TPSA) is 82.8 Å². The number of carbonyl (C=O) groups is 2. The van der Waals surface area contributed by atoms with Crippen molar-refractivity contribution >= 4 is 17.5 Å². The molecular weight excluding hydrogens is 308 g/mol. The van der Waals surface area contributed by atoms with Crippen LogP contribution in [0.2, 0.25) is 0 Å². The first-order chi connectivity index (χ1) is 11.6. The molecule has 0 aliphatic carbocycles. The number of aliphatic hydroxyl groups excluding tert-OH is 1. The molecule has 0 bridgehead atoms. The fourth-order valence-corrected chi connectivity index (χ4v) is 2.83. The Hall–Kier alpha value is -2.60. The Labute approximate surface area is 140 Å². The van der Waals surface area contributed by atoms with Crippen LogP contribution in [0.1, 0.15) is 23.3 Å². The SMILES string of the molecule is Cc1ccc(CO)cc1NC(=O)C1CC(=O)N(Cc2ccco2)C1. The Morgan fingerprint density at radius 2 is 2.25 bits per heavy atom. The lowest BCUT2D eigenvalue weighted by Crippen LogP contribution is -2.28. The predicted molar refractivity (Wildman–Crippen MR) is 88.0 cm³/mol. The summed E-state index contributed by atoms with van der Waals surface area (Å²) in [4.78, 5) is 26.2.